The van der Waals surface area contributed by atoms with Gasteiger partial charge in [-0.3, -0.25) is 4.40 Å². The fourth-order valence-electron chi connectivity index (χ4n) is 1.88. The summed E-state index contributed by atoms with van der Waals surface area (Å²) in [4.78, 5) is 6.44. The van der Waals surface area contributed by atoms with E-state index < -0.39 is 0 Å². The Labute approximate surface area is 113 Å². The van der Waals surface area contributed by atoms with Crippen molar-refractivity contribution < 1.29 is 4.74 Å². The van der Waals surface area contributed by atoms with Gasteiger partial charge in [0.25, 0.3) is 0 Å². The molecule has 0 unspecified atom stereocenters. The lowest BCUT2D eigenvalue weighted by Crippen LogP contribution is -2.24. The molecule has 0 aromatic carbocycles. The molecular formula is C14H18N4O. The van der Waals surface area contributed by atoms with Crippen molar-refractivity contribution in [2.24, 2.45) is 0 Å². The van der Waals surface area contributed by atoms with E-state index in [0.717, 1.165) is 5.65 Å². The quantitative estimate of drug-likeness (QED) is 0.823. The summed E-state index contributed by atoms with van der Waals surface area (Å²) in [5.74, 6) is 0.695. The first kappa shape index (κ1) is 13.4. The van der Waals surface area contributed by atoms with Crippen molar-refractivity contribution in [3.05, 3.63) is 30.1 Å². The van der Waals surface area contributed by atoms with Gasteiger partial charge in [0, 0.05) is 19.8 Å². The van der Waals surface area contributed by atoms with E-state index in [1.54, 1.807) is 4.40 Å². The molecule has 0 radical (unpaired) electrons. The van der Waals surface area contributed by atoms with E-state index in [1.807, 2.05) is 50.2 Å². The minimum atomic E-state index is 0.213. The van der Waals surface area contributed by atoms with Gasteiger partial charge in [-0.2, -0.15) is 5.26 Å². The Hall–Kier alpha value is -2.06. The van der Waals surface area contributed by atoms with E-state index in [2.05, 4.69) is 11.1 Å². The van der Waals surface area contributed by atoms with Crippen LogP contribution in [0.5, 0.6) is 0 Å². The molecule has 0 saturated carbocycles. The molecule has 5 nitrogen and oxygen atoms in total. The van der Waals surface area contributed by atoms with Crippen LogP contribution in [0.2, 0.25) is 0 Å². The third-order valence-electron chi connectivity index (χ3n) is 2.86. The minimum absolute atomic E-state index is 0.213. The molecule has 0 aliphatic carbocycles. The second-order valence-corrected chi connectivity index (χ2v) is 4.67. The summed E-state index contributed by atoms with van der Waals surface area (Å²) in [6, 6.07) is 7.91. The highest BCUT2D eigenvalue weighted by Gasteiger charge is 2.15. The number of nitriles is 1. The van der Waals surface area contributed by atoms with Crippen LogP contribution in [0.15, 0.2) is 24.4 Å². The molecule has 2 aromatic heterocycles. The maximum atomic E-state index is 9.30. The van der Waals surface area contributed by atoms with Crippen LogP contribution in [0, 0.1) is 11.3 Å². The van der Waals surface area contributed by atoms with Gasteiger partial charge >= 0.3 is 0 Å². The predicted octanol–water partition coefficient (Wildman–Crippen LogP) is 2.07. The van der Waals surface area contributed by atoms with Gasteiger partial charge in [-0.15, -0.1) is 0 Å². The molecule has 2 heterocycles. The van der Waals surface area contributed by atoms with Gasteiger partial charge in [0.15, 0.2) is 11.5 Å². The zero-order valence-corrected chi connectivity index (χ0v) is 11.5. The number of hydrogen-bond acceptors (Lipinski definition) is 4. The maximum absolute atomic E-state index is 9.30. The van der Waals surface area contributed by atoms with Gasteiger partial charge in [0.2, 0.25) is 0 Å². The molecule has 0 bridgehead atoms. The Morgan fingerprint density at radius 2 is 2.26 bits per heavy atom. The topological polar surface area (TPSA) is 53.6 Å². The fourth-order valence-corrected chi connectivity index (χ4v) is 1.88. The summed E-state index contributed by atoms with van der Waals surface area (Å²) in [6.07, 6.45) is 2.06. The Morgan fingerprint density at radius 3 is 2.95 bits per heavy atom. The van der Waals surface area contributed by atoms with E-state index in [0.29, 0.717) is 24.7 Å². The number of pyridine rings is 1. The van der Waals surface area contributed by atoms with E-state index in [1.165, 1.54) is 0 Å². The molecule has 0 spiro atoms. The number of likely N-dealkylation sites (N-methyl/N-ethyl adjacent to an activating group) is 1. The molecule has 0 atom stereocenters. The lowest BCUT2D eigenvalue weighted by atomic mass is 10.4. The molecule has 0 saturated heterocycles. The van der Waals surface area contributed by atoms with E-state index in [-0.39, 0.29) is 6.10 Å². The number of ether oxygens (including phenoxy) is 1. The second-order valence-electron chi connectivity index (χ2n) is 4.67. The van der Waals surface area contributed by atoms with E-state index >= 15 is 0 Å². The Balaban J connectivity index is 2.22. The molecular weight excluding hydrogens is 240 g/mol. The predicted molar refractivity (Wildman–Crippen MR) is 74.3 cm³/mol. The number of aromatic nitrogens is 2. The summed E-state index contributed by atoms with van der Waals surface area (Å²) in [6.45, 7) is 5.33. The van der Waals surface area contributed by atoms with Crippen molar-refractivity contribution in [3.63, 3.8) is 0 Å². The monoisotopic (exact) mass is 258 g/mol. The summed E-state index contributed by atoms with van der Waals surface area (Å²) < 4.78 is 7.32. The Bertz CT molecular complexity index is 597. The van der Waals surface area contributed by atoms with Gasteiger partial charge in [-0.25, -0.2) is 4.98 Å². The normalized spacial score (nSPS) is 10.9. The zero-order chi connectivity index (χ0) is 13.8. The SMILES string of the molecule is CC(C)OCCN(C)c1nc2ccccn2c1C#N. The highest BCUT2D eigenvalue weighted by molar-refractivity contribution is 5.59. The van der Waals surface area contributed by atoms with Crippen LogP contribution in [-0.4, -0.2) is 35.7 Å². The molecule has 100 valence electrons. The zero-order valence-electron chi connectivity index (χ0n) is 11.5. The number of anilines is 1. The largest absolute Gasteiger partial charge is 0.377 e. The standard InChI is InChI=1S/C14H18N4O/c1-11(2)19-9-8-17(3)14-12(10-15)18-7-5-4-6-13(18)16-14/h4-7,11H,8-9H2,1-3H3. The average molecular weight is 258 g/mol. The number of rotatable bonds is 5. The number of fused-ring (bicyclic) bond motifs is 1. The summed E-state index contributed by atoms with van der Waals surface area (Å²) in [5.41, 5.74) is 1.34. The van der Waals surface area contributed by atoms with Crippen LogP contribution in [0.1, 0.15) is 19.5 Å². The van der Waals surface area contributed by atoms with Crippen molar-refractivity contribution >= 4 is 11.5 Å². The van der Waals surface area contributed by atoms with Gasteiger partial charge in [0.1, 0.15) is 11.7 Å². The van der Waals surface area contributed by atoms with Gasteiger partial charge in [-0.1, -0.05) is 6.07 Å². The van der Waals surface area contributed by atoms with Crippen LogP contribution in [0.25, 0.3) is 5.65 Å². The molecule has 5 heteroatoms. The van der Waals surface area contributed by atoms with Crippen molar-refractivity contribution in [2.45, 2.75) is 20.0 Å². The second kappa shape index (κ2) is 5.72. The molecule has 0 aliphatic rings. The Morgan fingerprint density at radius 1 is 1.47 bits per heavy atom. The third-order valence-corrected chi connectivity index (χ3v) is 2.86. The first-order valence-corrected chi connectivity index (χ1v) is 6.33. The fraction of sp³-hybridized carbons (Fsp3) is 0.429. The molecule has 19 heavy (non-hydrogen) atoms. The van der Waals surface area contributed by atoms with E-state index in [4.69, 9.17) is 4.74 Å². The van der Waals surface area contributed by atoms with Gasteiger partial charge in [0.05, 0.1) is 12.7 Å². The highest BCUT2D eigenvalue weighted by atomic mass is 16.5. The number of nitrogens with zero attached hydrogens (tertiary/aromatic N) is 4. The lowest BCUT2D eigenvalue weighted by Gasteiger charge is -2.17. The third kappa shape index (κ3) is 2.85. The molecule has 2 aromatic rings. The Kier molecular flexibility index (Phi) is 4.03. The lowest BCUT2D eigenvalue weighted by molar-refractivity contribution is 0.0845. The molecule has 2 rings (SSSR count). The first-order valence-electron chi connectivity index (χ1n) is 6.33. The number of imidazole rings is 1. The van der Waals surface area contributed by atoms with Crippen LogP contribution in [0.4, 0.5) is 5.82 Å². The highest BCUT2D eigenvalue weighted by Crippen LogP contribution is 2.19. The van der Waals surface area contributed by atoms with Crippen molar-refractivity contribution in [1.82, 2.24) is 9.38 Å². The minimum Gasteiger partial charge on any atom is -0.377 e. The smallest absolute Gasteiger partial charge is 0.169 e. The van der Waals surface area contributed by atoms with Gasteiger partial charge < -0.3 is 9.64 Å². The summed E-state index contributed by atoms with van der Waals surface area (Å²) in [7, 11) is 1.92. The van der Waals surface area contributed by atoms with Gasteiger partial charge in [-0.05, 0) is 26.0 Å². The van der Waals surface area contributed by atoms with Crippen molar-refractivity contribution in [3.8, 4) is 6.07 Å². The van der Waals surface area contributed by atoms with Crippen LogP contribution < -0.4 is 4.90 Å². The maximum Gasteiger partial charge on any atom is 0.169 e. The molecule has 0 aliphatic heterocycles. The summed E-state index contributed by atoms with van der Waals surface area (Å²) in [5, 5.41) is 9.30. The summed E-state index contributed by atoms with van der Waals surface area (Å²) >= 11 is 0. The van der Waals surface area contributed by atoms with Crippen LogP contribution in [-0.2, 0) is 4.74 Å². The van der Waals surface area contributed by atoms with Crippen LogP contribution in [0.3, 0.4) is 0 Å². The molecule has 0 amide bonds. The van der Waals surface area contributed by atoms with Crippen molar-refractivity contribution in [1.29, 1.82) is 5.26 Å². The first-order chi connectivity index (χ1) is 9.13. The van der Waals surface area contributed by atoms with E-state index in [9.17, 15) is 5.26 Å². The molecule has 0 fully saturated rings. The van der Waals surface area contributed by atoms with Crippen LogP contribution >= 0.6 is 0 Å². The average Bonchev–Trinajstić information content (AvgIpc) is 2.76. The number of hydrogen-bond donors (Lipinski definition) is 0. The molecule has 0 N–H and O–H groups in total. The van der Waals surface area contributed by atoms with Crippen molar-refractivity contribution in [2.75, 3.05) is 25.1 Å².